The third kappa shape index (κ3) is 6.31. The summed E-state index contributed by atoms with van der Waals surface area (Å²) in [7, 11) is 0. The van der Waals surface area contributed by atoms with E-state index >= 15 is 0 Å². The van der Waals surface area contributed by atoms with Crippen LogP contribution < -0.4 is 5.32 Å². The van der Waals surface area contributed by atoms with Crippen molar-refractivity contribution < 1.29 is 19.2 Å². The van der Waals surface area contributed by atoms with E-state index in [-0.39, 0.29) is 24.6 Å². The van der Waals surface area contributed by atoms with Crippen LogP contribution in [0.3, 0.4) is 0 Å². The van der Waals surface area contributed by atoms with Crippen molar-refractivity contribution in [2.75, 3.05) is 5.32 Å². The van der Waals surface area contributed by atoms with Crippen molar-refractivity contribution in [1.29, 1.82) is 0 Å². The highest BCUT2D eigenvalue weighted by Gasteiger charge is 2.12. The number of benzene rings is 2. The van der Waals surface area contributed by atoms with Crippen LogP contribution in [0.1, 0.15) is 21.8 Å². The summed E-state index contributed by atoms with van der Waals surface area (Å²) in [5.74, 6) is -0.829. The smallest absolute Gasteiger partial charge is 0.331 e. The van der Waals surface area contributed by atoms with E-state index in [9.17, 15) is 19.7 Å². The molecule has 0 aliphatic rings. The number of carbonyl (C=O) groups excluding carboxylic acids is 2. The number of nitrogens with one attached hydrogen (secondary N) is 1. The van der Waals surface area contributed by atoms with Gasteiger partial charge in [0.25, 0.3) is 5.69 Å². The number of nitro benzene ring substituents is 1. The van der Waals surface area contributed by atoms with Gasteiger partial charge in [-0.3, -0.25) is 14.9 Å². The van der Waals surface area contributed by atoms with E-state index in [0.29, 0.717) is 16.3 Å². The number of esters is 1. The maximum Gasteiger partial charge on any atom is 0.331 e. The molecule has 0 atom stereocenters. The highest BCUT2D eigenvalue weighted by Crippen LogP contribution is 2.19. The molecule has 9 heteroatoms. The molecule has 1 N–H and O–H groups in total. The van der Waals surface area contributed by atoms with Gasteiger partial charge in [0.05, 0.1) is 22.6 Å². The molecule has 0 saturated heterocycles. The number of ether oxygens (including phenoxy) is 1. The fourth-order valence-electron chi connectivity index (χ4n) is 2.69. The molecule has 0 spiro atoms. The topological polar surface area (TPSA) is 111 Å². The van der Waals surface area contributed by atoms with Crippen LogP contribution in [0.2, 0.25) is 0 Å². The molecule has 0 fully saturated rings. The summed E-state index contributed by atoms with van der Waals surface area (Å²) >= 11 is 1.30. The average molecular weight is 437 g/mol. The highest BCUT2D eigenvalue weighted by atomic mass is 32.1. The van der Waals surface area contributed by atoms with Crippen molar-refractivity contribution in [3.8, 4) is 0 Å². The van der Waals surface area contributed by atoms with E-state index in [1.807, 2.05) is 31.2 Å². The number of para-hydroxylation sites is 2. The number of thiazole rings is 1. The van der Waals surface area contributed by atoms with E-state index < -0.39 is 10.9 Å². The standard InChI is InChI=1S/C22H19N3O5S/c1-15-6-2-4-8-18(15)24-20(26)12-21-23-17(14-31-21)13-30-22(27)11-10-16-7-3-5-9-19(16)25(28)29/h2-11,14H,12-13H2,1H3,(H,24,26)/b11-10+. The van der Waals surface area contributed by atoms with Crippen LogP contribution in [-0.2, 0) is 27.4 Å². The van der Waals surface area contributed by atoms with E-state index in [2.05, 4.69) is 10.3 Å². The van der Waals surface area contributed by atoms with Crippen LogP contribution in [0.25, 0.3) is 6.08 Å². The minimum absolute atomic E-state index is 0.0596. The first-order valence-electron chi connectivity index (χ1n) is 9.29. The van der Waals surface area contributed by atoms with E-state index in [1.54, 1.807) is 17.5 Å². The number of carbonyl (C=O) groups is 2. The first kappa shape index (κ1) is 21.8. The molecule has 3 aromatic rings. The second-order valence-electron chi connectivity index (χ2n) is 6.53. The summed E-state index contributed by atoms with van der Waals surface area (Å²) in [5, 5.41) is 16.2. The summed E-state index contributed by atoms with van der Waals surface area (Å²) in [6, 6.07) is 13.6. The zero-order valence-electron chi connectivity index (χ0n) is 16.6. The first-order valence-corrected chi connectivity index (χ1v) is 10.2. The van der Waals surface area contributed by atoms with Crippen LogP contribution in [0.4, 0.5) is 11.4 Å². The maximum absolute atomic E-state index is 12.2. The van der Waals surface area contributed by atoms with Crippen LogP contribution in [0, 0.1) is 17.0 Å². The largest absolute Gasteiger partial charge is 0.456 e. The lowest BCUT2D eigenvalue weighted by atomic mass is 10.1. The number of anilines is 1. The van der Waals surface area contributed by atoms with Gasteiger partial charge in [0, 0.05) is 23.2 Å². The van der Waals surface area contributed by atoms with Crippen LogP contribution in [0.5, 0.6) is 0 Å². The summed E-state index contributed by atoms with van der Waals surface area (Å²) in [5.41, 5.74) is 2.45. The Balaban J connectivity index is 1.51. The lowest BCUT2D eigenvalue weighted by molar-refractivity contribution is -0.385. The highest BCUT2D eigenvalue weighted by molar-refractivity contribution is 7.09. The quantitative estimate of drug-likeness (QED) is 0.243. The molecule has 8 nitrogen and oxygen atoms in total. The molecule has 0 saturated carbocycles. The molecule has 0 aliphatic carbocycles. The minimum Gasteiger partial charge on any atom is -0.456 e. The van der Waals surface area contributed by atoms with Crippen molar-refractivity contribution in [1.82, 2.24) is 4.98 Å². The molecule has 31 heavy (non-hydrogen) atoms. The zero-order chi connectivity index (χ0) is 22.2. The lowest BCUT2D eigenvalue weighted by Gasteiger charge is -2.06. The Hall–Kier alpha value is -3.85. The first-order chi connectivity index (χ1) is 14.9. The van der Waals surface area contributed by atoms with Crippen molar-refractivity contribution in [3.63, 3.8) is 0 Å². The number of nitro groups is 1. The molecule has 0 aliphatic heterocycles. The van der Waals surface area contributed by atoms with Crippen molar-refractivity contribution in [3.05, 3.63) is 91.9 Å². The fourth-order valence-corrected chi connectivity index (χ4v) is 3.46. The number of hydrogen-bond donors (Lipinski definition) is 1. The third-order valence-electron chi connectivity index (χ3n) is 4.22. The van der Waals surface area contributed by atoms with Gasteiger partial charge in [-0.2, -0.15) is 0 Å². The summed E-state index contributed by atoms with van der Waals surface area (Å²) in [6.07, 6.45) is 2.58. The van der Waals surface area contributed by atoms with Crippen LogP contribution in [-0.4, -0.2) is 21.8 Å². The molecule has 1 heterocycles. The zero-order valence-corrected chi connectivity index (χ0v) is 17.4. The second-order valence-corrected chi connectivity index (χ2v) is 7.47. The number of aromatic nitrogens is 1. The van der Waals surface area contributed by atoms with Gasteiger partial charge >= 0.3 is 5.97 Å². The predicted octanol–water partition coefficient (Wildman–Crippen LogP) is 4.30. The molecule has 1 aromatic heterocycles. The Bertz CT molecular complexity index is 1140. The van der Waals surface area contributed by atoms with Gasteiger partial charge in [0.15, 0.2) is 0 Å². The number of rotatable bonds is 8. The Labute approximate surface area is 182 Å². The second kappa shape index (κ2) is 10.3. The molecular weight excluding hydrogens is 418 g/mol. The van der Waals surface area contributed by atoms with Crippen molar-refractivity contribution in [2.45, 2.75) is 20.0 Å². The number of amides is 1. The SMILES string of the molecule is Cc1ccccc1NC(=O)Cc1nc(COC(=O)/C=C/c2ccccc2[N+](=O)[O-])cs1. The lowest BCUT2D eigenvalue weighted by Crippen LogP contribution is -2.15. The summed E-state index contributed by atoms with van der Waals surface area (Å²) < 4.78 is 5.13. The van der Waals surface area contributed by atoms with Crippen molar-refractivity contribution in [2.24, 2.45) is 0 Å². The molecule has 0 radical (unpaired) electrons. The van der Waals surface area contributed by atoms with Gasteiger partial charge in [0.1, 0.15) is 11.6 Å². The van der Waals surface area contributed by atoms with Gasteiger partial charge in [-0.05, 0) is 30.7 Å². The molecule has 0 bridgehead atoms. The van der Waals surface area contributed by atoms with Gasteiger partial charge in [-0.15, -0.1) is 11.3 Å². The van der Waals surface area contributed by atoms with Gasteiger partial charge in [0.2, 0.25) is 5.91 Å². The molecule has 0 unspecified atom stereocenters. The number of aryl methyl sites for hydroxylation is 1. The Morgan fingerprint density at radius 3 is 2.71 bits per heavy atom. The minimum atomic E-state index is -0.648. The Morgan fingerprint density at radius 2 is 1.94 bits per heavy atom. The van der Waals surface area contributed by atoms with Crippen LogP contribution in [0.15, 0.2) is 60.0 Å². The number of nitrogens with zero attached hydrogens (tertiary/aromatic N) is 2. The molecule has 1 amide bonds. The van der Waals surface area contributed by atoms with E-state index in [0.717, 1.165) is 17.3 Å². The van der Waals surface area contributed by atoms with E-state index in [4.69, 9.17) is 4.74 Å². The summed E-state index contributed by atoms with van der Waals surface area (Å²) in [4.78, 5) is 38.9. The molecule has 2 aromatic carbocycles. The van der Waals surface area contributed by atoms with Gasteiger partial charge in [-0.25, -0.2) is 9.78 Å². The molecule has 158 valence electrons. The average Bonchev–Trinajstić information content (AvgIpc) is 3.19. The van der Waals surface area contributed by atoms with Gasteiger partial charge < -0.3 is 10.1 Å². The molecular formula is C22H19N3O5S. The Morgan fingerprint density at radius 1 is 1.19 bits per heavy atom. The third-order valence-corrected chi connectivity index (χ3v) is 5.12. The van der Waals surface area contributed by atoms with Crippen LogP contribution >= 0.6 is 11.3 Å². The maximum atomic E-state index is 12.2. The van der Waals surface area contributed by atoms with Gasteiger partial charge in [-0.1, -0.05) is 30.3 Å². The summed E-state index contributed by atoms with van der Waals surface area (Å²) in [6.45, 7) is 1.85. The fraction of sp³-hybridized carbons (Fsp3) is 0.136. The van der Waals surface area contributed by atoms with E-state index in [1.165, 1.54) is 29.5 Å². The Kier molecular flexibility index (Phi) is 7.23. The predicted molar refractivity (Wildman–Crippen MR) is 118 cm³/mol. The molecule has 3 rings (SSSR count). The normalized spacial score (nSPS) is 10.7. The van der Waals surface area contributed by atoms with Crippen molar-refractivity contribution >= 4 is 40.7 Å². The monoisotopic (exact) mass is 437 g/mol. The number of hydrogen-bond acceptors (Lipinski definition) is 7.